The number of nitrogens with two attached hydrogens (primary N) is 1. The van der Waals surface area contributed by atoms with E-state index >= 15 is 0 Å². The SMILES string of the molecule is CNC(=O)c1ccc(CC(=O)Nc2ccc(-n3c4c(c5ncnc(N)c53)CCC4)cc2OC)cc1. The second kappa shape index (κ2) is 9.09. The van der Waals surface area contributed by atoms with Crippen LogP contribution in [0.4, 0.5) is 11.5 Å². The molecule has 5 rings (SSSR count). The maximum atomic E-state index is 12.7. The molecule has 1 aliphatic rings. The maximum Gasteiger partial charge on any atom is 0.251 e. The monoisotopic (exact) mass is 470 g/mol. The highest BCUT2D eigenvalue weighted by Gasteiger charge is 2.25. The van der Waals surface area contributed by atoms with Crippen molar-refractivity contribution in [2.24, 2.45) is 0 Å². The van der Waals surface area contributed by atoms with Crippen LogP contribution in [-0.2, 0) is 24.1 Å². The van der Waals surface area contributed by atoms with Gasteiger partial charge in [-0.05, 0) is 54.7 Å². The lowest BCUT2D eigenvalue weighted by Gasteiger charge is -2.15. The molecule has 0 saturated heterocycles. The molecule has 0 spiro atoms. The average molecular weight is 471 g/mol. The molecule has 2 heterocycles. The lowest BCUT2D eigenvalue weighted by Crippen LogP contribution is -2.18. The number of fused-ring (bicyclic) bond motifs is 3. The van der Waals surface area contributed by atoms with Crippen molar-refractivity contribution in [3.05, 3.63) is 71.2 Å². The summed E-state index contributed by atoms with van der Waals surface area (Å²) in [7, 11) is 3.15. The fraction of sp³-hybridized carbons (Fsp3) is 0.231. The summed E-state index contributed by atoms with van der Waals surface area (Å²) in [6.07, 6.45) is 4.64. The zero-order chi connectivity index (χ0) is 24.5. The van der Waals surface area contributed by atoms with Crippen LogP contribution in [-0.4, -0.2) is 40.5 Å². The molecule has 0 saturated carbocycles. The van der Waals surface area contributed by atoms with Gasteiger partial charge in [0.15, 0.2) is 5.82 Å². The molecule has 0 radical (unpaired) electrons. The van der Waals surface area contributed by atoms with E-state index in [0.29, 0.717) is 22.8 Å². The van der Waals surface area contributed by atoms with Crippen molar-refractivity contribution < 1.29 is 14.3 Å². The fourth-order valence-electron chi connectivity index (χ4n) is 4.70. The molecule has 35 heavy (non-hydrogen) atoms. The van der Waals surface area contributed by atoms with E-state index in [1.807, 2.05) is 18.2 Å². The van der Waals surface area contributed by atoms with E-state index in [0.717, 1.165) is 41.5 Å². The van der Waals surface area contributed by atoms with Crippen molar-refractivity contribution in [2.75, 3.05) is 25.2 Å². The molecule has 0 atom stereocenters. The molecule has 0 bridgehead atoms. The Morgan fingerprint density at radius 3 is 2.66 bits per heavy atom. The summed E-state index contributed by atoms with van der Waals surface area (Å²) in [5.41, 5.74) is 13.1. The van der Waals surface area contributed by atoms with Crippen LogP contribution in [0.15, 0.2) is 48.8 Å². The Balaban J connectivity index is 1.41. The van der Waals surface area contributed by atoms with Gasteiger partial charge in [-0.1, -0.05) is 12.1 Å². The molecule has 2 amide bonds. The van der Waals surface area contributed by atoms with Crippen LogP contribution in [0.25, 0.3) is 16.7 Å². The topological polar surface area (TPSA) is 124 Å². The molecule has 1 aliphatic carbocycles. The van der Waals surface area contributed by atoms with Crippen molar-refractivity contribution in [1.29, 1.82) is 0 Å². The smallest absolute Gasteiger partial charge is 0.251 e. The third-order valence-corrected chi connectivity index (χ3v) is 6.34. The van der Waals surface area contributed by atoms with E-state index in [4.69, 9.17) is 10.5 Å². The quantitative estimate of drug-likeness (QED) is 0.398. The summed E-state index contributed by atoms with van der Waals surface area (Å²) in [5.74, 6) is 0.618. The molecule has 0 unspecified atom stereocenters. The number of hydrogen-bond acceptors (Lipinski definition) is 6. The second-order valence-electron chi connectivity index (χ2n) is 8.46. The molecule has 2 aromatic carbocycles. The summed E-state index contributed by atoms with van der Waals surface area (Å²) in [6, 6.07) is 12.6. The predicted molar refractivity (Wildman–Crippen MR) is 134 cm³/mol. The van der Waals surface area contributed by atoms with Gasteiger partial charge in [-0.15, -0.1) is 0 Å². The van der Waals surface area contributed by atoms with Gasteiger partial charge in [-0.3, -0.25) is 9.59 Å². The van der Waals surface area contributed by atoms with Gasteiger partial charge in [0, 0.05) is 30.1 Å². The van der Waals surface area contributed by atoms with E-state index in [9.17, 15) is 9.59 Å². The minimum atomic E-state index is -0.186. The molecule has 4 aromatic rings. The summed E-state index contributed by atoms with van der Waals surface area (Å²) >= 11 is 0. The maximum absolute atomic E-state index is 12.7. The summed E-state index contributed by atoms with van der Waals surface area (Å²) in [5, 5.41) is 5.51. The van der Waals surface area contributed by atoms with Crippen LogP contribution in [0, 0.1) is 0 Å². The summed E-state index contributed by atoms with van der Waals surface area (Å²) in [4.78, 5) is 33.1. The van der Waals surface area contributed by atoms with Crippen molar-refractivity contribution in [3.8, 4) is 11.4 Å². The Morgan fingerprint density at radius 2 is 1.91 bits per heavy atom. The minimum absolute atomic E-state index is 0.166. The number of nitrogen functional groups attached to an aromatic ring is 1. The molecular weight excluding hydrogens is 444 g/mol. The van der Waals surface area contributed by atoms with Gasteiger partial charge in [0.05, 0.1) is 24.7 Å². The Bertz CT molecular complexity index is 1440. The van der Waals surface area contributed by atoms with Crippen LogP contribution in [0.5, 0.6) is 5.75 Å². The van der Waals surface area contributed by atoms with Crippen molar-refractivity contribution in [2.45, 2.75) is 25.7 Å². The van der Waals surface area contributed by atoms with Gasteiger partial charge < -0.3 is 25.7 Å². The van der Waals surface area contributed by atoms with E-state index in [2.05, 4.69) is 25.2 Å². The molecule has 0 fully saturated rings. The number of ether oxygens (including phenoxy) is 1. The van der Waals surface area contributed by atoms with Gasteiger partial charge in [0.25, 0.3) is 5.91 Å². The molecule has 178 valence electrons. The molecule has 4 N–H and O–H groups in total. The highest BCUT2D eigenvalue weighted by molar-refractivity contribution is 5.96. The first kappa shape index (κ1) is 22.4. The van der Waals surface area contributed by atoms with Gasteiger partial charge in [-0.25, -0.2) is 9.97 Å². The lowest BCUT2D eigenvalue weighted by atomic mass is 10.1. The first-order valence-corrected chi connectivity index (χ1v) is 11.4. The molecule has 9 nitrogen and oxygen atoms in total. The third kappa shape index (κ3) is 4.05. The number of benzene rings is 2. The highest BCUT2D eigenvalue weighted by Crippen LogP contribution is 2.38. The number of rotatable bonds is 6. The first-order valence-electron chi connectivity index (χ1n) is 11.4. The highest BCUT2D eigenvalue weighted by atomic mass is 16.5. The standard InChI is InChI=1S/C26H26N6O3/c1-28-26(34)16-8-6-15(7-9-16)12-22(33)31-19-11-10-17(13-21(19)35-2)32-20-5-3-4-18(20)23-24(32)25(27)30-14-29-23/h6-11,13-14H,3-5,12H2,1-2H3,(H,28,34)(H,31,33)(H2,27,29,30). The predicted octanol–water partition coefficient (Wildman–Crippen LogP) is 3.04. The van der Waals surface area contributed by atoms with Gasteiger partial charge in [-0.2, -0.15) is 0 Å². The number of aryl methyl sites for hydroxylation is 1. The first-order chi connectivity index (χ1) is 17.0. The minimum Gasteiger partial charge on any atom is -0.494 e. The van der Waals surface area contributed by atoms with Crippen molar-refractivity contribution in [3.63, 3.8) is 0 Å². The number of nitrogens with zero attached hydrogens (tertiary/aromatic N) is 3. The van der Waals surface area contributed by atoms with Crippen LogP contribution in [0.1, 0.15) is 33.6 Å². The second-order valence-corrected chi connectivity index (χ2v) is 8.46. The number of anilines is 2. The van der Waals surface area contributed by atoms with Gasteiger partial charge >= 0.3 is 0 Å². The Hall–Kier alpha value is -4.40. The normalized spacial score (nSPS) is 12.4. The zero-order valence-corrected chi connectivity index (χ0v) is 19.6. The molecule has 2 aromatic heterocycles. The molecular formula is C26H26N6O3. The number of carbonyl (C=O) groups is 2. The molecule has 9 heteroatoms. The number of nitrogens with one attached hydrogen (secondary N) is 2. The Kier molecular flexibility index (Phi) is 5.82. The van der Waals surface area contributed by atoms with E-state index in [-0.39, 0.29) is 18.2 Å². The van der Waals surface area contributed by atoms with Crippen LogP contribution >= 0.6 is 0 Å². The zero-order valence-electron chi connectivity index (χ0n) is 19.6. The van der Waals surface area contributed by atoms with E-state index < -0.39 is 0 Å². The van der Waals surface area contributed by atoms with Crippen LogP contribution < -0.4 is 21.1 Å². The van der Waals surface area contributed by atoms with Gasteiger partial charge in [0.1, 0.15) is 17.6 Å². The number of amides is 2. The Morgan fingerprint density at radius 1 is 1.11 bits per heavy atom. The third-order valence-electron chi connectivity index (χ3n) is 6.34. The number of hydrogen-bond donors (Lipinski definition) is 3. The Labute approximate surface area is 202 Å². The van der Waals surface area contributed by atoms with Gasteiger partial charge in [0.2, 0.25) is 5.91 Å². The van der Waals surface area contributed by atoms with E-state index in [1.165, 1.54) is 17.6 Å². The average Bonchev–Trinajstić information content (AvgIpc) is 3.46. The van der Waals surface area contributed by atoms with Crippen LogP contribution in [0.3, 0.4) is 0 Å². The summed E-state index contributed by atoms with van der Waals surface area (Å²) in [6.45, 7) is 0. The summed E-state index contributed by atoms with van der Waals surface area (Å²) < 4.78 is 7.72. The fourth-order valence-corrected chi connectivity index (χ4v) is 4.70. The largest absolute Gasteiger partial charge is 0.494 e. The van der Waals surface area contributed by atoms with Crippen LogP contribution in [0.2, 0.25) is 0 Å². The molecule has 0 aliphatic heterocycles. The van der Waals surface area contributed by atoms with E-state index in [1.54, 1.807) is 38.4 Å². The number of aromatic nitrogens is 3. The van der Waals surface area contributed by atoms with Crippen molar-refractivity contribution >= 4 is 34.4 Å². The van der Waals surface area contributed by atoms with Crippen molar-refractivity contribution in [1.82, 2.24) is 19.9 Å². The number of carbonyl (C=O) groups excluding carboxylic acids is 2. The lowest BCUT2D eigenvalue weighted by molar-refractivity contribution is -0.115. The number of methoxy groups -OCH3 is 1.